The highest BCUT2D eigenvalue weighted by atomic mass is 79.9. The van der Waals surface area contributed by atoms with E-state index in [2.05, 4.69) is 15.9 Å². The monoisotopic (exact) mass is 388 g/mol. The molecule has 2 saturated heterocycles. The highest BCUT2D eigenvalue weighted by molar-refractivity contribution is 9.10. The number of hydrogen-bond acceptors (Lipinski definition) is 3. The molecule has 0 aliphatic carbocycles. The number of halogens is 2. The molecule has 2 nitrogen and oxygen atoms in total. The lowest BCUT2D eigenvalue weighted by Gasteiger charge is -2.43. The zero-order valence-electron chi connectivity index (χ0n) is 11.7. The van der Waals surface area contributed by atoms with E-state index in [-0.39, 0.29) is 17.3 Å². The molecular formula is C16H18BrClO2S. The molecule has 3 rings (SSSR count). The maximum Gasteiger partial charge on any atom is 0.167 e. The van der Waals surface area contributed by atoms with Gasteiger partial charge in [-0.05, 0) is 65.3 Å². The van der Waals surface area contributed by atoms with Crippen LogP contribution in [0.2, 0.25) is 5.02 Å². The van der Waals surface area contributed by atoms with Crippen LogP contribution in [0.3, 0.4) is 0 Å². The molecule has 1 atom stereocenters. The molecule has 0 amide bonds. The predicted octanol–water partition coefficient (Wildman–Crippen LogP) is 4.98. The van der Waals surface area contributed by atoms with Crippen molar-refractivity contribution in [2.45, 2.75) is 31.3 Å². The van der Waals surface area contributed by atoms with Gasteiger partial charge in [0.2, 0.25) is 0 Å². The zero-order chi connectivity index (χ0) is 14.9. The smallest absolute Gasteiger partial charge is 0.167 e. The Morgan fingerprint density at radius 2 is 2.14 bits per heavy atom. The summed E-state index contributed by atoms with van der Waals surface area (Å²) in [6.07, 6.45) is 3.77. The second kappa shape index (κ2) is 6.61. The molecule has 0 aromatic heterocycles. The van der Waals surface area contributed by atoms with Crippen LogP contribution in [0.15, 0.2) is 22.7 Å². The van der Waals surface area contributed by atoms with Crippen LogP contribution in [-0.2, 0) is 4.74 Å². The number of carbonyl (C=O) groups is 1. The van der Waals surface area contributed by atoms with Crippen LogP contribution in [0.25, 0.3) is 0 Å². The van der Waals surface area contributed by atoms with E-state index in [0.29, 0.717) is 17.2 Å². The van der Waals surface area contributed by atoms with E-state index < -0.39 is 0 Å². The van der Waals surface area contributed by atoms with Gasteiger partial charge in [-0.3, -0.25) is 4.79 Å². The normalized spacial score (nSPS) is 25.0. The highest BCUT2D eigenvalue weighted by Crippen LogP contribution is 2.41. The molecule has 2 aliphatic heterocycles. The van der Waals surface area contributed by atoms with E-state index in [4.69, 9.17) is 16.3 Å². The summed E-state index contributed by atoms with van der Waals surface area (Å²) >= 11 is 11.7. The van der Waals surface area contributed by atoms with Crippen molar-refractivity contribution in [1.82, 2.24) is 0 Å². The molecule has 5 heteroatoms. The van der Waals surface area contributed by atoms with Gasteiger partial charge in [-0.15, -0.1) is 0 Å². The number of rotatable bonds is 2. The quantitative estimate of drug-likeness (QED) is 0.667. The lowest BCUT2D eigenvalue weighted by Crippen LogP contribution is -2.44. The summed E-state index contributed by atoms with van der Waals surface area (Å²) in [6.45, 7) is 0.687. The maximum atomic E-state index is 12.8. The van der Waals surface area contributed by atoms with Crippen LogP contribution in [0.1, 0.15) is 36.0 Å². The first kappa shape index (κ1) is 15.9. The minimum Gasteiger partial charge on any atom is -0.375 e. The first-order chi connectivity index (χ1) is 10.1. The van der Waals surface area contributed by atoms with Crippen LogP contribution in [0.5, 0.6) is 0 Å². The number of ketones is 1. The van der Waals surface area contributed by atoms with Crippen LogP contribution in [0, 0.1) is 5.92 Å². The van der Waals surface area contributed by atoms with Crippen molar-refractivity contribution < 1.29 is 9.53 Å². The molecule has 1 unspecified atom stereocenters. The molecule has 0 N–H and O–H groups in total. The number of thioether (sulfide) groups is 1. The predicted molar refractivity (Wildman–Crippen MR) is 91.4 cm³/mol. The molecule has 1 aromatic rings. The van der Waals surface area contributed by atoms with E-state index >= 15 is 0 Å². The fourth-order valence-corrected chi connectivity index (χ4v) is 5.08. The van der Waals surface area contributed by atoms with E-state index in [1.54, 1.807) is 0 Å². The fourth-order valence-electron chi connectivity index (χ4n) is 3.26. The topological polar surface area (TPSA) is 26.3 Å². The minimum atomic E-state index is -0.0671. The Hall–Kier alpha value is -0.0300. The zero-order valence-corrected chi connectivity index (χ0v) is 14.9. The van der Waals surface area contributed by atoms with E-state index in [1.807, 2.05) is 30.0 Å². The molecule has 0 bridgehead atoms. The lowest BCUT2D eigenvalue weighted by molar-refractivity contribution is -0.0959. The van der Waals surface area contributed by atoms with Gasteiger partial charge in [0.1, 0.15) is 0 Å². The van der Waals surface area contributed by atoms with Gasteiger partial charge >= 0.3 is 0 Å². The Kier molecular flexibility index (Phi) is 4.99. The van der Waals surface area contributed by atoms with E-state index in [0.717, 1.165) is 41.7 Å². The average molecular weight is 390 g/mol. The molecule has 2 aliphatic rings. The largest absolute Gasteiger partial charge is 0.375 e. The summed E-state index contributed by atoms with van der Waals surface area (Å²) in [5, 5.41) is 0.530. The van der Waals surface area contributed by atoms with Crippen molar-refractivity contribution in [1.29, 1.82) is 0 Å². The Morgan fingerprint density at radius 1 is 1.38 bits per heavy atom. The van der Waals surface area contributed by atoms with Crippen LogP contribution in [-0.4, -0.2) is 29.5 Å². The average Bonchev–Trinajstić information content (AvgIpc) is 2.50. The standard InChI is InChI=1S/C16H18BrClO2S/c17-13-3-1-2-12(14(13)18)15(19)11-4-7-20-16(10-11)5-8-21-9-6-16/h1-3,11H,4-10H2. The summed E-state index contributed by atoms with van der Waals surface area (Å²) in [7, 11) is 0. The molecule has 114 valence electrons. The third kappa shape index (κ3) is 3.34. The van der Waals surface area contributed by atoms with Crippen LogP contribution < -0.4 is 0 Å². The van der Waals surface area contributed by atoms with Gasteiger partial charge < -0.3 is 4.74 Å². The Bertz CT molecular complexity index is 538. The highest BCUT2D eigenvalue weighted by Gasteiger charge is 2.41. The first-order valence-electron chi connectivity index (χ1n) is 7.31. The van der Waals surface area contributed by atoms with Gasteiger partial charge in [0.15, 0.2) is 5.78 Å². The van der Waals surface area contributed by atoms with Gasteiger partial charge in [0.05, 0.1) is 10.6 Å². The fraction of sp³-hybridized carbons (Fsp3) is 0.562. The Balaban J connectivity index is 1.79. The van der Waals surface area contributed by atoms with Crippen molar-refractivity contribution in [2.24, 2.45) is 5.92 Å². The number of benzene rings is 1. The van der Waals surface area contributed by atoms with Crippen LogP contribution in [0.4, 0.5) is 0 Å². The molecular weight excluding hydrogens is 372 g/mol. The molecule has 0 radical (unpaired) electrons. The van der Waals surface area contributed by atoms with Gasteiger partial charge in [-0.25, -0.2) is 0 Å². The molecule has 1 spiro atoms. The Morgan fingerprint density at radius 3 is 2.90 bits per heavy atom. The third-order valence-corrected chi connectivity index (χ3v) is 6.77. The summed E-state index contributed by atoms with van der Waals surface area (Å²) in [4.78, 5) is 12.8. The Labute approximate surface area is 143 Å². The number of Topliss-reactive ketones (excluding diaryl/α,β-unsaturated/α-hetero) is 1. The van der Waals surface area contributed by atoms with Crippen molar-refractivity contribution in [3.8, 4) is 0 Å². The van der Waals surface area contributed by atoms with Gasteiger partial charge in [0, 0.05) is 22.6 Å². The SMILES string of the molecule is O=C(c1cccc(Br)c1Cl)C1CCOC2(CCSCC2)C1. The molecule has 21 heavy (non-hydrogen) atoms. The minimum absolute atomic E-state index is 0.0358. The summed E-state index contributed by atoms with van der Waals surface area (Å²) in [5.74, 6) is 2.48. The number of ether oxygens (including phenoxy) is 1. The number of carbonyl (C=O) groups excluding carboxylic acids is 1. The van der Waals surface area contributed by atoms with Gasteiger partial charge in [-0.2, -0.15) is 11.8 Å². The molecule has 2 heterocycles. The van der Waals surface area contributed by atoms with Crippen molar-refractivity contribution in [2.75, 3.05) is 18.1 Å². The summed E-state index contributed by atoms with van der Waals surface area (Å²) in [6, 6.07) is 5.56. The number of hydrogen-bond donors (Lipinski definition) is 0. The van der Waals surface area contributed by atoms with Crippen molar-refractivity contribution >= 4 is 45.1 Å². The van der Waals surface area contributed by atoms with E-state index in [1.165, 1.54) is 0 Å². The molecule has 1 aromatic carbocycles. The lowest BCUT2D eigenvalue weighted by atomic mass is 9.79. The van der Waals surface area contributed by atoms with Crippen molar-refractivity contribution in [3.05, 3.63) is 33.3 Å². The summed E-state index contributed by atoms with van der Waals surface area (Å²) in [5.41, 5.74) is 0.570. The molecule has 0 saturated carbocycles. The summed E-state index contributed by atoms with van der Waals surface area (Å²) < 4.78 is 6.85. The van der Waals surface area contributed by atoms with Crippen molar-refractivity contribution in [3.63, 3.8) is 0 Å². The van der Waals surface area contributed by atoms with Gasteiger partial charge in [-0.1, -0.05) is 17.7 Å². The third-order valence-electron chi connectivity index (χ3n) is 4.48. The second-order valence-corrected chi connectivity index (χ2v) is 8.26. The van der Waals surface area contributed by atoms with Gasteiger partial charge in [0.25, 0.3) is 0 Å². The maximum absolute atomic E-state index is 12.8. The van der Waals surface area contributed by atoms with E-state index in [9.17, 15) is 4.79 Å². The molecule has 2 fully saturated rings. The second-order valence-electron chi connectivity index (χ2n) is 5.80. The first-order valence-corrected chi connectivity index (χ1v) is 9.64. The van der Waals surface area contributed by atoms with Crippen LogP contribution >= 0.6 is 39.3 Å².